The Kier molecular flexibility index (Phi) is 2.74. The average molecular weight is 229 g/mol. The number of hydrogen-bond donors (Lipinski definition) is 1. The van der Waals surface area contributed by atoms with Gasteiger partial charge < -0.3 is 15.2 Å². The molecule has 0 atom stereocenters. The smallest absolute Gasteiger partial charge is 0.183 e. The third-order valence-electron chi connectivity index (χ3n) is 2.19. The maximum absolute atomic E-state index is 13.4. The number of carbonyl (C=O) groups is 1. The van der Waals surface area contributed by atoms with Crippen LogP contribution in [0.1, 0.15) is 10.4 Å². The third kappa shape index (κ3) is 1.61. The molecule has 1 aliphatic rings. The summed E-state index contributed by atoms with van der Waals surface area (Å²) in [5.74, 6) is -3.16. The van der Waals surface area contributed by atoms with Gasteiger partial charge in [-0.25, -0.2) is 8.78 Å². The van der Waals surface area contributed by atoms with Crippen molar-refractivity contribution >= 4 is 5.78 Å². The van der Waals surface area contributed by atoms with Crippen LogP contribution in [0, 0.1) is 11.6 Å². The van der Waals surface area contributed by atoms with Crippen LogP contribution in [0.5, 0.6) is 11.5 Å². The molecule has 0 fully saturated rings. The summed E-state index contributed by atoms with van der Waals surface area (Å²) in [5.41, 5.74) is 4.65. The fourth-order valence-corrected chi connectivity index (χ4v) is 1.48. The van der Waals surface area contributed by atoms with Gasteiger partial charge in [0.15, 0.2) is 28.9 Å². The van der Waals surface area contributed by atoms with Crippen molar-refractivity contribution in [1.82, 2.24) is 0 Å². The molecule has 16 heavy (non-hydrogen) atoms. The molecule has 1 aromatic carbocycles. The van der Waals surface area contributed by atoms with Crippen molar-refractivity contribution in [3.63, 3.8) is 0 Å². The minimum Gasteiger partial charge on any atom is -0.486 e. The van der Waals surface area contributed by atoms with Crippen molar-refractivity contribution in [2.24, 2.45) is 5.73 Å². The van der Waals surface area contributed by atoms with Crippen LogP contribution in [0.4, 0.5) is 8.78 Å². The molecule has 4 nitrogen and oxygen atoms in total. The summed E-state index contributed by atoms with van der Waals surface area (Å²) in [6.07, 6.45) is 0. The Balaban J connectivity index is 2.63. The van der Waals surface area contributed by atoms with Crippen molar-refractivity contribution in [3.8, 4) is 11.5 Å². The topological polar surface area (TPSA) is 61.6 Å². The molecule has 0 amide bonds. The standard InChI is InChI=1S/C10H9F2NO3/c11-5-3-7-10(16-2-1-15-7)8(9(5)12)6(14)4-13/h3H,1-2,4,13H2. The quantitative estimate of drug-likeness (QED) is 0.764. The van der Waals surface area contributed by atoms with Gasteiger partial charge >= 0.3 is 0 Å². The van der Waals surface area contributed by atoms with Gasteiger partial charge in [-0.1, -0.05) is 0 Å². The second-order valence-electron chi connectivity index (χ2n) is 3.20. The van der Waals surface area contributed by atoms with E-state index in [1.54, 1.807) is 0 Å². The summed E-state index contributed by atoms with van der Waals surface area (Å²) in [7, 11) is 0. The summed E-state index contributed by atoms with van der Waals surface area (Å²) in [4.78, 5) is 11.4. The molecule has 0 spiro atoms. The van der Waals surface area contributed by atoms with E-state index in [9.17, 15) is 13.6 Å². The molecular weight excluding hydrogens is 220 g/mol. The number of benzene rings is 1. The fourth-order valence-electron chi connectivity index (χ4n) is 1.48. The second-order valence-corrected chi connectivity index (χ2v) is 3.20. The van der Waals surface area contributed by atoms with Crippen LogP contribution in [-0.2, 0) is 0 Å². The van der Waals surface area contributed by atoms with Gasteiger partial charge in [0.05, 0.1) is 6.54 Å². The summed E-state index contributed by atoms with van der Waals surface area (Å²) in [5, 5.41) is 0. The second kappa shape index (κ2) is 4.05. The molecule has 0 saturated heterocycles. The van der Waals surface area contributed by atoms with E-state index >= 15 is 0 Å². The minimum atomic E-state index is -1.25. The number of ether oxygens (including phenoxy) is 2. The van der Waals surface area contributed by atoms with Gasteiger partial charge in [-0.05, 0) is 0 Å². The number of rotatable bonds is 2. The number of fused-ring (bicyclic) bond motifs is 1. The van der Waals surface area contributed by atoms with Gasteiger partial charge in [0.25, 0.3) is 0 Å². The highest BCUT2D eigenvalue weighted by atomic mass is 19.2. The molecular formula is C10H9F2NO3. The maximum atomic E-state index is 13.4. The van der Waals surface area contributed by atoms with Gasteiger partial charge in [0.2, 0.25) is 0 Å². The Morgan fingerprint density at radius 1 is 1.38 bits per heavy atom. The Hall–Kier alpha value is -1.69. The highest BCUT2D eigenvalue weighted by molar-refractivity contribution is 6.01. The SMILES string of the molecule is NCC(=O)c1c(F)c(F)cc2c1OCCO2. The molecule has 0 aliphatic carbocycles. The first kappa shape index (κ1) is 10.8. The minimum absolute atomic E-state index is 0.0296. The lowest BCUT2D eigenvalue weighted by atomic mass is 10.1. The van der Waals surface area contributed by atoms with Crippen LogP contribution in [0.25, 0.3) is 0 Å². The van der Waals surface area contributed by atoms with Gasteiger partial charge in [-0.15, -0.1) is 0 Å². The van der Waals surface area contributed by atoms with E-state index in [1.807, 2.05) is 0 Å². The summed E-state index contributed by atoms with van der Waals surface area (Å²) in [6.45, 7) is -0.00652. The molecule has 0 radical (unpaired) electrons. The molecule has 2 rings (SSSR count). The van der Waals surface area contributed by atoms with Gasteiger partial charge in [-0.2, -0.15) is 0 Å². The summed E-state index contributed by atoms with van der Waals surface area (Å²) >= 11 is 0. The van der Waals surface area contributed by atoms with Crippen LogP contribution in [0.3, 0.4) is 0 Å². The van der Waals surface area contributed by atoms with E-state index in [4.69, 9.17) is 15.2 Å². The Morgan fingerprint density at radius 3 is 2.75 bits per heavy atom. The fraction of sp³-hybridized carbons (Fsp3) is 0.300. The lowest BCUT2D eigenvalue weighted by Crippen LogP contribution is -2.22. The zero-order valence-electron chi connectivity index (χ0n) is 8.26. The van der Waals surface area contributed by atoms with Crippen LogP contribution in [-0.4, -0.2) is 25.5 Å². The first-order valence-corrected chi connectivity index (χ1v) is 4.66. The molecule has 6 heteroatoms. The van der Waals surface area contributed by atoms with Crippen LogP contribution in [0.15, 0.2) is 6.07 Å². The highest BCUT2D eigenvalue weighted by Gasteiger charge is 2.27. The first-order chi connectivity index (χ1) is 7.65. The number of halogens is 2. The van der Waals surface area contributed by atoms with Crippen molar-refractivity contribution in [2.75, 3.05) is 19.8 Å². The van der Waals surface area contributed by atoms with E-state index in [0.717, 1.165) is 6.07 Å². The Labute approximate surface area is 89.9 Å². The van der Waals surface area contributed by atoms with Crippen LogP contribution < -0.4 is 15.2 Å². The number of hydrogen-bond acceptors (Lipinski definition) is 4. The Bertz CT molecular complexity index is 448. The number of Topliss-reactive ketones (excluding diaryl/α,β-unsaturated/α-hetero) is 1. The molecule has 86 valence electrons. The van der Waals surface area contributed by atoms with Crippen LogP contribution in [0.2, 0.25) is 0 Å². The number of ketones is 1. The lowest BCUT2D eigenvalue weighted by molar-refractivity contribution is 0.0983. The largest absolute Gasteiger partial charge is 0.486 e. The van der Waals surface area contributed by atoms with Gasteiger partial charge in [0.1, 0.15) is 18.8 Å². The molecule has 0 unspecified atom stereocenters. The molecule has 0 saturated carbocycles. The van der Waals surface area contributed by atoms with Crippen molar-refractivity contribution < 1.29 is 23.0 Å². The van der Waals surface area contributed by atoms with Gasteiger partial charge in [-0.3, -0.25) is 4.79 Å². The highest BCUT2D eigenvalue weighted by Crippen LogP contribution is 2.36. The summed E-state index contributed by atoms with van der Waals surface area (Å²) < 4.78 is 36.8. The first-order valence-electron chi connectivity index (χ1n) is 4.66. The molecule has 1 aliphatic heterocycles. The third-order valence-corrected chi connectivity index (χ3v) is 2.19. The maximum Gasteiger partial charge on any atom is 0.183 e. The van der Waals surface area contributed by atoms with E-state index in [0.29, 0.717) is 0 Å². The molecule has 0 bridgehead atoms. The molecule has 0 aromatic heterocycles. The molecule has 1 aromatic rings. The molecule has 1 heterocycles. The number of nitrogens with two attached hydrogens (primary N) is 1. The van der Waals surface area contributed by atoms with Crippen molar-refractivity contribution in [3.05, 3.63) is 23.3 Å². The van der Waals surface area contributed by atoms with Crippen molar-refractivity contribution in [1.29, 1.82) is 0 Å². The molecule has 2 N–H and O–H groups in total. The predicted molar refractivity (Wildman–Crippen MR) is 50.7 cm³/mol. The summed E-state index contributed by atoms with van der Waals surface area (Å²) in [6, 6.07) is 0.858. The number of carbonyl (C=O) groups excluding carboxylic acids is 1. The van der Waals surface area contributed by atoms with E-state index < -0.39 is 29.5 Å². The van der Waals surface area contributed by atoms with Gasteiger partial charge in [0, 0.05) is 6.07 Å². The Morgan fingerprint density at radius 2 is 2.06 bits per heavy atom. The van der Waals surface area contributed by atoms with Crippen LogP contribution >= 0.6 is 0 Å². The normalized spacial score (nSPS) is 13.7. The average Bonchev–Trinajstić information content (AvgIpc) is 2.30. The monoisotopic (exact) mass is 229 g/mol. The lowest BCUT2D eigenvalue weighted by Gasteiger charge is -2.21. The van der Waals surface area contributed by atoms with E-state index in [-0.39, 0.29) is 24.7 Å². The van der Waals surface area contributed by atoms with E-state index in [1.165, 1.54) is 0 Å². The zero-order valence-corrected chi connectivity index (χ0v) is 8.26. The zero-order chi connectivity index (χ0) is 11.7. The predicted octanol–water partition coefficient (Wildman–Crippen LogP) is 0.877. The van der Waals surface area contributed by atoms with Crippen molar-refractivity contribution in [2.45, 2.75) is 0 Å². The van der Waals surface area contributed by atoms with E-state index in [2.05, 4.69) is 0 Å².